The number of halogens is 2. The van der Waals surface area contributed by atoms with Gasteiger partial charge in [-0.25, -0.2) is 13.8 Å². The highest BCUT2D eigenvalue weighted by molar-refractivity contribution is 6.07. The van der Waals surface area contributed by atoms with Crippen molar-refractivity contribution in [1.82, 2.24) is 9.88 Å². The average Bonchev–Trinajstić information content (AvgIpc) is 2.77. The summed E-state index contributed by atoms with van der Waals surface area (Å²) in [7, 11) is 0. The number of carbonyl (C=O) groups excluding carboxylic acids is 1. The lowest BCUT2D eigenvalue weighted by Gasteiger charge is -2.36. The van der Waals surface area contributed by atoms with E-state index in [9.17, 15) is 13.6 Å². The van der Waals surface area contributed by atoms with Crippen LogP contribution in [0.5, 0.6) is 0 Å². The molecule has 2 heterocycles. The van der Waals surface area contributed by atoms with E-state index in [1.54, 1.807) is 18.3 Å². The van der Waals surface area contributed by atoms with Crippen LogP contribution in [0.2, 0.25) is 0 Å². The van der Waals surface area contributed by atoms with Crippen molar-refractivity contribution in [2.75, 3.05) is 36.4 Å². The van der Waals surface area contributed by atoms with E-state index in [1.807, 2.05) is 18.2 Å². The Morgan fingerprint density at radius 2 is 1.73 bits per heavy atom. The second kappa shape index (κ2) is 9.00. The van der Waals surface area contributed by atoms with Crippen LogP contribution < -0.4 is 10.2 Å². The Balaban J connectivity index is 1.44. The Morgan fingerprint density at radius 1 is 0.967 bits per heavy atom. The number of carbonyl (C=O) groups is 1. The third-order valence-corrected chi connectivity index (χ3v) is 5.13. The van der Waals surface area contributed by atoms with Crippen LogP contribution in [0.15, 0.2) is 66.9 Å². The number of hydrogen-bond acceptors (Lipinski definition) is 4. The molecule has 1 saturated heterocycles. The van der Waals surface area contributed by atoms with Gasteiger partial charge < -0.3 is 10.2 Å². The molecule has 0 radical (unpaired) electrons. The molecule has 7 heteroatoms. The Kier molecular flexibility index (Phi) is 5.99. The first kappa shape index (κ1) is 20.0. The third-order valence-electron chi connectivity index (χ3n) is 5.13. The van der Waals surface area contributed by atoms with Gasteiger partial charge in [0.05, 0.1) is 11.3 Å². The van der Waals surface area contributed by atoms with E-state index < -0.39 is 17.5 Å². The predicted octanol–water partition coefficient (Wildman–Crippen LogP) is 3.93. The van der Waals surface area contributed by atoms with Gasteiger partial charge in [0.2, 0.25) is 0 Å². The molecule has 0 saturated carbocycles. The number of aromatic nitrogens is 1. The number of nitrogens with one attached hydrogen (secondary N) is 1. The highest BCUT2D eigenvalue weighted by atomic mass is 19.1. The number of hydrogen-bond donors (Lipinski definition) is 1. The topological polar surface area (TPSA) is 48.5 Å². The summed E-state index contributed by atoms with van der Waals surface area (Å²) < 4.78 is 27.0. The van der Waals surface area contributed by atoms with E-state index >= 15 is 0 Å². The summed E-state index contributed by atoms with van der Waals surface area (Å²) in [6.45, 7) is 4.04. The quantitative estimate of drug-likeness (QED) is 0.695. The van der Waals surface area contributed by atoms with E-state index in [-0.39, 0.29) is 5.69 Å². The lowest BCUT2D eigenvalue weighted by Crippen LogP contribution is -2.46. The zero-order valence-corrected chi connectivity index (χ0v) is 16.4. The van der Waals surface area contributed by atoms with Gasteiger partial charge in [0.1, 0.15) is 17.5 Å². The lowest BCUT2D eigenvalue weighted by molar-refractivity contribution is 0.102. The minimum Gasteiger partial charge on any atom is -0.353 e. The standard InChI is InChI=1S/C23H22F2N4O/c24-18-8-9-21(20(25)15-18)27-23(30)19-7-4-10-26-22(19)29-13-11-28(12-14-29)16-17-5-2-1-3-6-17/h1-10,15H,11-14,16H2,(H,27,30). The number of amides is 1. The maximum absolute atomic E-state index is 13.9. The number of piperazine rings is 1. The van der Waals surface area contributed by atoms with Crippen molar-refractivity contribution in [1.29, 1.82) is 0 Å². The maximum Gasteiger partial charge on any atom is 0.259 e. The number of pyridine rings is 1. The van der Waals surface area contributed by atoms with Crippen molar-refractivity contribution in [3.63, 3.8) is 0 Å². The van der Waals surface area contributed by atoms with Crippen molar-refractivity contribution in [3.8, 4) is 0 Å². The molecule has 30 heavy (non-hydrogen) atoms. The van der Waals surface area contributed by atoms with Crippen LogP contribution in [0.1, 0.15) is 15.9 Å². The molecule has 154 valence electrons. The second-order valence-electron chi connectivity index (χ2n) is 7.20. The molecule has 2 aromatic carbocycles. The van der Waals surface area contributed by atoms with Gasteiger partial charge in [-0.05, 0) is 29.8 Å². The number of nitrogens with zero attached hydrogens (tertiary/aromatic N) is 3. The molecule has 1 aliphatic heterocycles. The smallest absolute Gasteiger partial charge is 0.259 e. The Hall–Kier alpha value is -3.32. The van der Waals surface area contributed by atoms with Gasteiger partial charge >= 0.3 is 0 Å². The molecular weight excluding hydrogens is 386 g/mol. The van der Waals surface area contributed by atoms with Gasteiger partial charge in [-0.15, -0.1) is 0 Å². The number of rotatable bonds is 5. The van der Waals surface area contributed by atoms with E-state index in [0.29, 0.717) is 11.4 Å². The first-order chi connectivity index (χ1) is 14.6. The molecule has 5 nitrogen and oxygen atoms in total. The fourth-order valence-corrected chi connectivity index (χ4v) is 3.57. The molecule has 0 unspecified atom stereocenters. The van der Waals surface area contributed by atoms with Gasteiger partial charge in [0, 0.05) is 45.0 Å². The van der Waals surface area contributed by atoms with E-state index in [4.69, 9.17) is 0 Å². The molecule has 0 atom stereocenters. The molecule has 4 rings (SSSR count). The largest absolute Gasteiger partial charge is 0.353 e. The van der Waals surface area contributed by atoms with Crippen LogP contribution in [0.3, 0.4) is 0 Å². The monoisotopic (exact) mass is 408 g/mol. The maximum atomic E-state index is 13.9. The normalized spacial score (nSPS) is 14.5. The summed E-state index contributed by atoms with van der Waals surface area (Å²) in [4.78, 5) is 21.6. The minimum absolute atomic E-state index is 0.0658. The fraction of sp³-hybridized carbons (Fsp3) is 0.217. The fourth-order valence-electron chi connectivity index (χ4n) is 3.57. The Bertz CT molecular complexity index is 1020. The summed E-state index contributed by atoms with van der Waals surface area (Å²) in [5.41, 5.74) is 1.56. The average molecular weight is 408 g/mol. The van der Waals surface area contributed by atoms with Crippen molar-refractivity contribution < 1.29 is 13.6 Å². The highest BCUT2D eigenvalue weighted by Crippen LogP contribution is 2.22. The first-order valence-electron chi connectivity index (χ1n) is 9.83. The summed E-state index contributed by atoms with van der Waals surface area (Å²) in [5.74, 6) is -1.42. The summed E-state index contributed by atoms with van der Waals surface area (Å²) in [5, 5.41) is 2.52. The SMILES string of the molecule is O=C(Nc1ccc(F)cc1F)c1cccnc1N1CCN(Cc2ccccc2)CC1. The third kappa shape index (κ3) is 4.63. The van der Waals surface area contributed by atoms with Crippen molar-refractivity contribution >= 4 is 17.4 Å². The van der Waals surface area contributed by atoms with Crippen LogP contribution in [-0.2, 0) is 6.54 Å². The molecule has 1 aromatic heterocycles. The van der Waals surface area contributed by atoms with Crippen LogP contribution in [0, 0.1) is 11.6 Å². The van der Waals surface area contributed by atoms with E-state index in [2.05, 4.69) is 32.2 Å². The zero-order valence-electron chi connectivity index (χ0n) is 16.4. The number of benzene rings is 2. The van der Waals surface area contributed by atoms with Crippen molar-refractivity contribution in [2.45, 2.75) is 6.54 Å². The molecule has 1 aliphatic rings. The molecule has 1 amide bonds. The van der Waals surface area contributed by atoms with Crippen LogP contribution in [-0.4, -0.2) is 42.0 Å². The van der Waals surface area contributed by atoms with Crippen molar-refractivity contribution in [3.05, 3.63) is 89.6 Å². The van der Waals surface area contributed by atoms with Gasteiger partial charge in [-0.1, -0.05) is 30.3 Å². The van der Waals surface area contributed by atoms with Gasteiger partial charge in [0.25, 0.3) is 5.91 Å². The molecule has 0 bridgehead atoms. The van der Waals surface area contributed by atoms with Crippen molar-refractivity contribution in [2.24, 2.45) is 0 Å². The molecular formula is C23H22F2N4O. The highest BCUT2D eigenvalue weighted by Gasteiger charge is 2.23. The van der Waals surface area contributed by atoms with Gasteiger partial charge in [0.15, 0.2) is 0 Å². The lowest BCUT2D eigenvalue weighted by atomic mass is 10.1. The number of anilines is 2. The molecule has 0 aliphatic carbocycles. The van der Waals surface area contributed by atoms with E-state index in [1.165, 1.54) is 11.6 Å². The predicted molar refractivity (Wildman–Crippen MR) is 112 cm³/mol. The summed E-state index contributed by atoms with van der Waals surface area (Å²) in [6, 6.07) is 16.7. The zero-order chi connectivity index (χ0) is 20.9. The molecule has 0 spiro atoms. The van der Waals surface area contributed by atoms with Crippen LogP contribution in [0.25, 0.3) is 0 Å². The van der Waals surface area contributed by atoms with Gasteiger partial charge in [-0.2, -0.15) is 0 Å². The van der Waals surface area contributed by atoms with E-state index in [0.717, 1.165) is 44.9 Å². The first-order valence-corrected chi connectivity index (χ1v) is 9.83. The van der Waals surface area contributed by atoms with Crippen LogP contribution in [0.4, 0.5) is 20.3 Å². The van der Waals surface area contributed by atoms with Crippen LogP contribution >= 0.6 is 0 Å². The molecule has 3 aromatic rings. The molecule has 1 fully saturated rings. The Labute approximate surface area is 174 Å². The Morgan fingerprint density at radius 3 is 2.47 bits per heavy atom. The summed E-state index contributed by atoms with van der Waals surface area (Å²) in [6.07, 6.45) is 1.64. The minimum atomic E-state index is -0.816. The second-order valence-corrected chi connectivity index (χ2v) is 7.20. The molecule has 1 N–H and O–H groups in total. The summed E-state index contributed by atoms with van der Waals surface area (Å²) >= 11 is 0. The van der Waals surface area contributed by atoms with Gasteiger partial charge in [-0.3, -0.25) is 9.69 Å².